The quantitative estimate of drug-likeness (QED) is 0.912. The Kier molecular flexibility index (Phi) is 4.54. The zero-order valence-corrected chi connectivity index (χ0v) is 11.9. The molecule has 1 aromatic rings. The van der Waals surface area contributed by atoms with Gasteiger partial charge in [-0.3, -0.25) is 9.88 Å². The van der Waals surface area contributed by atoms with Crippen LogP contribution in [0, 0.1) is 5.92 Å². The maximum Gasteiger partial charge on any atom is 0.0410 e. The van der Waals surface area contributed by atoms with E-state index in [1.54, 1.807) is 0 Å². The van der Waals surface area contributed by atoms with E-state index in [2.05, 4.69) is 38.9 Å². The van der Waals surface area contributed by atoms with Gasteiger partial charge in [0.15, 0.2) is 0 Å². The van der Waals surface area contributed by atoms with E-state index >= 15 is 0 Å². The molecule has 0 bridgehead atoms. The molecule has 0 aliphatic carbocycles. The molecule has 3 nitrogen and oxygen atoms in total. The lowest BCUT2D eigenvalue weighted by atomic mass is 9.90. The van der Waals surface area contributed by atoms with Crippen LogP contribution < -0.4 is 5.73 Å². The van der Waals surface area contributed by atoms with Crippen molar-refractivity contribution >= 4 is 15.9 Å². The van der Waals surface area contributed by atoms with Crippen LogP contribution in [-0.4, -0.2) is 30.0 Å². The topological polar surface area (TPSA) is 42.1 Å². The minimum atomic E-state index is 0.410. The third-order valence-corrected chi connectivity index (χ3v) is 4.06. The Balaban J connectivity index is 2.30. The van der Waals surface area contributed by atoms with Crippen LogP contribution in [0.15, 0.2) is 22.9 Å². The molecule has 0 spiro atoms. The van der Waals surface area contributed by atoms with Gasteiger partial charge in [0.2, 0.25) is 0 Å². The maximum absolute atomic E-state index is 5.94. The number of likely N-dealkylation sites (tertiary alicyclic amines) is 1. The lowest BCUT2D eigenvalue weighted by Gasteiger charge is -2.32. The Bertz CT molecular complexity index is 369. The fourth-order valence-corrected chi connectivity index (χ4v) is 3.17. The average molecular weight is 298 g/mol. The molecule has 2 unspecified atom stereocenters. The second kappa shape index (κ2) is 5.94. The number of rotatable bonds is 2. The van der Waals surface area contributed by atoms with Crippen molar-refractivity contribution in [1.29, 1.82) is 0 Å². The first-order chi connectivity index (χ1) is 8.22. The highest BCUT2D eigenvalue weighted by atomic mass is 79.9. The molecule has 0 amide bonds. The number of aromatic nitrogens is 1. The highest BCUT2D eigenvalue weighted by Crippen LogP contribution is 2.34. The molecule has 0 aromatic carbocycles. The van der Waals surface area contributed by atoms with Gasteiger partial charge in [0.25, 0.3) is 0 Å². The number of nitrogens with two attached hydrogens (primary N) is 1. The first-order valence-electron chi connectivity index (χ1n) is 6.23. The first kappa shape index (κ1) is 13.0. The number of hydrogen-bond acceptors (Lipinski definition) is 3. The molecule has 0 radical (unpaired) electrons. The molecule has 1 aromatic heterocycles. The summed E-state index contributed by atoms with van der Waals surface area (Å²) in [5, 5.41) is 0. The van der Waals surface area contributed by atoms with Crippen molar-refractivity contribution in [3.63, 3.8) is 0 Å². The summed E-state index contributed by atoms with van der Waals surface area (Å²) in [5.41, 5.74) is 7.22. The molecule has 17 heavy (non-hydrogen) atoms. The average Bonchev–Trinajstić information content (AvgIpc) is 2.50. The van der Waals surface area contributed by atoms with Gasteiger partial charge in [0.05, 0.1) is 0 Å². The Morgan fingerprint density at radius 1 is 1.47 bits per heavy atom. The normalized spacial score (nSPS) is 26.8. The summed E-state index contributed by atoms with van der Waals surface area (Å²) < 4.78 is 1.04. The highest BCUT2D eigenvalue weighted by Gasteiger charge is 2.28. The molecule has 1 saturated heterocycles. The summed E-state index contributed by atoms with van der Waals surface area (Å²) in [7, 11) is 2.19. The Morgan fingerprint density at radius 3 is 3.00 bits per heavy atom. The van der Waals surface area contributed by atoms with E-state index in [0.29, 0.717) is 12.0 Å². The van der Waals surface area contributed by atoms with Gasteiger partial charge in [-0.15, -0.1) is 0 Å². The largest absolute Gasteiger partial charge is 0.330 e. The summed E-state index contributed by atoms with van der Waals surface area (Å²) in [5.74, 6) is 0.540. The van der Waals surface area contributed by atoms with Crippen LogP contribution in [-0.2, 0) is 0 Å². The van der Waals surface area contributed by atoms with Crippen LogP contribution in [0.25, 0.3) is 0 Å². The van der Waals surface area contributed by atoms with Crippen LogP contribution in [0.1, 0.15) is 30.9 Å². The zero-order chi connectivity index (χ0) is 12.3. The molecule has 0 saturated carbocycles. The predicted molar refractivity (Wildman–Crippen MR) is 73.7 cm³/mol. The smallest absolute Gasteiger partial charge is 0.0410 e. The van der Waals surface area contributed by atoms with Gasteiger partial charge in [-0.1, -0.05) is 6.42 Å². The molecule has 2 rings (SSSR count). The minimum absolute atomic E-state index is 0.410. The van der Waals surface area contributed by atoms with Crippen molar-refractivity contribution < 1.29 is 0 Å². The number of pyridine rings is 1. The van der Waals surface area contributed by atoms with E-state index in [9.17, 15) is 0 Å². The number of hydrogen-bond donors (Lipinski definition) is 1. The van der Waals surface area contributed by atoms with Crippen LogP contribution >= 0.6 is 15.9 Å². The fraction of sp³-hybridized carbons (Fsp3) is 0.615. The summed E-state index contributed by atoms with van der Waals surface area (Å²) in [6.07, 6.45) is 7.57. The zero-order valence-electron chi connectivity index (χ0n) is 10.3. The van der Waals surface area contributed by atoms with E-state index in [1.165, 1.54) is 24.8 Å². The SMILES string of the molecule is CN1CCCCC(CN)C1c1cncc(Br)c1. The standard InChI is InChI=1S/C13H20BrN3/c1-17-5-3-2-4-10(7-15)13(17)11-6-12(14)9-16-8-11/h6,8-10,13H,2-5,7,15H2,1H3. The molecular formula is C13H20BrN3. The predicted octanol–water partition coefficient (Wildman–Crippen LogP) is 2.58. The van der Waals surface area contributed by atoms with Crippen LogP contribution in [0.2, 0.25) is 0 Å². The number of halogens is 1. The summed E-state index contributed by atoms with van der Waals surface area (Å²) in [6, 6.07) is 2.58. The van der Waals surface area contributed by atoms with Gasteiger partial charge < -0.3 is 5.73 Å². The minimum Gasteiger partial charge on any atom is -0.330 e. The van der Waals surface area contributed by atoms with Crippen molar-refractivity contribution in [2.24, 2.45) is 11.7 Å². The highest BCUT2D eigenvalue weighted by molar-refractivity contribution is 9.10. The Morgan fingerprint density at radius 2 is 2.29 bits per heavy atom. The summed E-state index contributed by atoms with van der Waals surface area (Å²) >= 11 is 3.50. The molecule has 1 fully saturated rings. The molecule has 4 heteroatoms. The molecule has 1 aliphatic heterocycles. The summed E-state index contributed by atoms with van der Waals surface area (Å²) in [4.78, 5) is 6.70. The van der Waals surface area contributed by atoms with Crippen molar-refractivity contribution in [3.8, 4) is 0 Å². The molecule has 2 atom stereocenters. The second-order valence-corrected chi connectivity index (χ2v) is 5.77. The van der Waals surface area contributed by atoms with E-state index in [4.69, 9.17) is 5.73 Å². The lowest BCUT2D eigenvalue weighted by Crippen LogP contribution is -2.33. The monoisotopic (exact) mass is 297 g/mol. The maximum atomic E-state index is 5.94. The van der Waals surface area contributed by atoms with Crippen molar-refractivity contribution in [2.75, 3.05) is 20.1 Å². The van der Waals surface area contributed by atoms with E-state index in [-0.39, 0.29) is 0 Å². The summed E-state index contributed by atoms with van der Waals surface area (Å²) in [6.45, 7) is 1.90. The van der Waals surface area contributed by atoms with E-state index in [1.807, 2.05) is 12.4 Å². The van der Waals surface area contributed by atoms with Crippen molar-refractivity contribution in [2.45, 2.75) is 25.3 Å². The molecule has 1 aliphatic rings. The molecule has 2 N–H and O–H groups in total. The Hall–Kier alpha value is -0.450. The van der Waals surface area contributed by atoms with Crippen LogP contribution in [0.5, 0.6) is 0 Å². The van der Waals surface area contributed by atoms with E-state index < -0.39 is 0 Å². The van der Waals surface area contributed by atoms with Gasteiger partial charge in [0.1, 0.15) is 0 Å². The van der Waals surface area contributed by atoms with Gasteiger partial charge in [-0.2, -0.15) is 0 Å². The van der Waals surface area contributed by atoms with Crippen molar-refractivity contribution in [1.82, 2.24) is 9.88 Å². The Labute approximate surface area is 112 Å². The van der Waals surface area contributed by atoms with Crippen LogP contribution in [0.4, 0.5) is 0 Å². The van der Waals surface area contributed by atoms with Gasteiger partial charge >= 0.3 is 0 Å². The lowest BCUT2D eigenvalue weighted by molar-refractivity contribution is 0.195. The van der Waals surface area contributed by atoms with Crippen LogP contribution in [0.3, 0.4) is 0 Å². The van der Waals surface area contributed by atoms with Gasteiger partial charge in [0, 0.05) is 22.9 Å². The molecule has 94 valence electrons. The van der Waals surface area contributed by atoms with Crippen molar-refractivity contribution in [3.05, 3.63) is 28.5 Å². The molecule has 2 heterocycles. The third kappa shape index (κ3) is 3.06. The fourth-order valence-electron chi connectivity index (χ4n) is 2.79. The second-order valence-electron chi connectivity index (χ2n) is 4.85. The van der Waals surface area contributed by atoms with Gasteiger partial charge in [-0.05, 0) is 66.5 Å². The van der Waals surface area contributed by atoms with E-state index in [0.717, 1.165) is 17.6 Å². The molecular weight excluding hydrogens is 278 g/mol. The van der Waals surface area contributed by atoms with Gasteiger partial charge in [-0.25, -0.2) is 0 Å². The number of nitrogens with zero attached hydrogens (tertiary/aromatic N) is 2. The third-order valence-electron chi connectivity index (χ3n) is 3.63. The first-order valence-corrected chi connectivity index (χ1v) is 7.02.